The van der Waals surface area contributed by atoms with Crippen LogP contribution in [-0.2, 0) is 6.42 Å². The Morgan fingerprint density at radius 3 is 2.93 bits per heavy atom. The van der Waals surface area contributed by atoms with Gasteiger partial charge < -0.3 is 10.1 Å². The number of aromatic nitrogens is 2. The molecule has 0 bridgehead atoms. The van der Waals surface area contributed by atoms with Crippen molar-refractivity contribution in [3.8, 4) is 5.88 Å². The van der Waals surface area contributed by atoms with Crippen molar-refractivity contribution in [1.29, 1.82) is 0 Å². The minimum absolute atomic E-state index is 0.469. The third kappa shape index (κ3) is 2.94. The molecule has 0 atom stereocenters. The number of rotatable bonds is 6. The van der Waals surface area contributed by atoms with Crippen molar-refractivity contribution >= 4 is 5.82 Å². The van der Waals surface area contributed by atoms with E-state index in [9.17, 15) is 0 Å². The van der Waals surface area contributed by atoms with Gasteiger partial charge in [0.2, 0.25) is 5.88 Å². The summed E-state index contributed by atoms with van der Waals surface area (Å²) < 4.78 is 5.47. The Bertz CT molecular complexity index is 326. The van der Waals surface area contributed by atoms with Crippen LogP contribution in [0.1, 0.15) is 18.9 Å². The first-order valence-electron chi connectivity index (χ1n) is 5.08. The quantitative estimate of drug-likeness (QED) is 0.725. The van der Waals surface area contributed by atoms with Crippen LogP contribution in [0.5, 0.6) is 5.88 Å². The van der Waals surface area contributed by atoms with Crippen molar-refractivity contribution in [2.24, 2.45) is 0 Å². The van der Waals surface area contributed by atoms with E-state index in [0.29, 0.717) is 12.5 Å². The molecule has 0 aliphatic carbocycles. The van der Waals surface area contributed by atoms with Crippen LogP contribution in [0.3, 0.4) is 0 Å². The number of hydrogen-bond acceptors (Lipinski definition) is 4. The van der Waals surface area contributed by atoms with E-state index in [2.05, 4.69) is 28.8 Å². The molecule has 0 aliphatic rings. The van der Waals surface area contributed by atoms with Crippen LogP contribution >= 0.6 is 0 Å². The minimum atomic E-state index is 0.469. The topological polar surface area (TPSA) is 47.0 Å². The van der Waals surface area contributed by atoms with E-state index in [1.54, 1.807) is 6.08 Å². The molecule has 0 saturated heterocycles. The van der Waals surface area contributed by atoms with Gasteiger partial charge in [0.25, 0.3) is 0 Å². The first kappa shape index (κ1) is 11.5. The van der Waals surface area contributed by atoms with Crippen LogP contribution in [-0.4, -0.2) is 23.6 Å². The SMILES string of the molecule is C=CCOc1ncnc(NC)c1CCC. The van der Waals surface area contributed by atoms with E-state index in [0.717, 1.165) is 24.2 Å². The van der Waals surface area contributed by atoms with E-state index < -0.39 is 0 Å². The van der Waals surface area contributed by atoms with Gasteiger partial charge in [-0.2, -0.15) is 0 Å². The van der Waals surface area contributed by atoms with E-state index in [4.69, 9.17) is 4.74 Å². The highest BCUT2D eigenvalue weighted by Crippen LogP contribution is 2.22. The van der Waals surface area contributed by atoms with Crippen molar-refractivity contribution < 1.29 is 4.74 Å². The fourth-order valence-electron chi connectivity index (χ4n) is 1.35. The van der Waals surface area contributed by atoms with Crippen molar-refractivity contribution in [3.63, 3.8) is 0 Å². The number of nitrogens with one attached hydrogen (secondary N) is 1. The second-order valence-corrected chi connectivity index (χ2v) is 3.11. The Hall–Kier alpha value is -1.58. The number of ether oxygens (including phenoxy) is 1. The molecule has 1 N–H and O–H groups in total. The van der Waals surface area contributed by atoms with Gasteiger partial charge in [-0.1, -0.05) is 26.0 Å². The molecule has 1 aromatic rings. The molecule has 1 heterocycles. The zero-order chi connectivity index (χ0) is 11.1. The summed E-state index contributed by atoms with van der Waals surface area (Å²) in [6, 6.07) is 0. The molecule has 15 heavy (non-hydrogen) atoms. The van der Waals surface area contributed by atoms with Crippen LogP contribution in [0.4, 0.5) is 5.82 Å². The lowest BCUT2D eigenvalue weighted by Gasteiger charge is -2.11. The molecule has 0 spiro atoms. The largest absolute Gasteiger partial charge is 0.473 e. The Balaban J connectivity index is 2.95. The molecule has 0 aliphatic heterocycles. The van der Waals surface area contributed by atoms with Crippen molar-refractivity contribution in [2.45, 2.75) is 19.8 Å². The second-order valence-electron chi connectivity index (χ2n) is 3.11. The summed E-state index contributed by atoms with van der Waals surface area (Å²) >= 11 is 0. The summed E-state index contributed by atoms with van der Waals surface area (Å²) in [5.74, 6) is 1.49. The zero-order valence-corrected chi connectivity index (χ0v) is 9.29. The van der Waals surface area contributed by atoms with Crippen LogP contribution in [0, 0.1) is 0 Å². The van der Waals surface area contributed by atoms with Gasteiger partial charge >= 0.3 is 0 Å². The maximum absolute atomic E-state index is 5.47. The second kappa shape index (κ2) is 6.01. The number of anilines is 1. The highest BCUT2D eigenvalue weighted by Gasteiger charge is 2.10. The van der Waals surface area contributed by atoms with Gasteiger partial charge in [0.15, 0.2) is 0 Å². The molecule has 0 radical (unpaired) electrons. The highest BCUT2D eigenvalue weighted by molar-refractivity contribution is 5.48. The van der Waals surface area contributed by atoms with Gasteiger partial charge in [-0.05, 0) is 6.42 Å². The van der Waals surface area contributed by atoms with Crippen molar-refractivity contribution in [3.05, 3.63) is 24.5 Å². The molecule has 82 valence electrons. The third-order valence-electron chi connectivity index (χ3n) is 1.98. The van der Waals surface area contributed by atoms with Gasteiger partial charge in [0.05, 0.1) is 5.56 Å². The Labute approximate surface area is 90.4 Å². The molecule has 0 amide bonds. The van der Waals surface area contributed by atoms with Crippen molar-refractivity contribution in [1.82, 2.24) is 9.97 Å². The first-order valence-corrected chi connectivity index (χ1v) is 5.08. The molecule has 0 unspecified atom stereocenters. The summed E-state index contributed by atoms with van der Waals surface area (Å²) in [7, 11) is 1.85. The fraction of sp³-hybridized carbons (Fsp3) is 0.455. The molecule has 0 saturated carbocycles. The average Bonchev–Trinajstić information content (AvgIpc) is 2.28. The van der Waals surface area contributed by atoms with E-state index in [1.807, 2.05) is 7.05 Å². The third-order valence-corrected chi connectivity index (χ3v) is 1.98. The maximum atomic E-state index is 5.47. The monoisotopic (exact) mass is 207 g/mol. The van der Waals surface area contributed by atoms with Crippen molar-refractivity contribution in [2.75, 3.05) is 19.0 Å². The highest BCUT2D eigenvalue weighted by atomic mass is 16.5. The Morgan fingerprint density at radius 1 is 1.53 bits per heavy atom. The summed E-state index contributed by atoms with van der Waals surface area (Å²) in [6.07, 6.45) is 5.15. The van der Waals surface area contributed by atoms with Crippen LogP contribution in [0.2, 0.25) is 0 Å². The first-order chi connectivity index (χ1) is 7.33. The number of nitrogens with zero attached hydrogens (tertiary/aromatic N) is 2. The molecule has 1 aromatic heterocycles. The molecule has 0 aromatic carbocycles. The normalized spacial score (nSPS) is 9.73. The van der Waals surface area contributed by atoms with E-state index in [1.165, 1.54) is 6.33 Å². The van der Waals surface area contributed by atoms with Gasteiger partial charge in [-0.25, -0.2) is 9.97 Å². The van der Waals surface area contributed by atoms with E-state index >= 15 is 0 Å². The van der Waals surface area contributed by atoms with Gasteiger partial charge in [-0.3, -0.25) is 0 Å². The smallest absolute Gasteiger partial charge is 0.222 e. The predicted octanol–water partition coefficient (Wildman–Crippen LogP) is 2.04. The van der Waals surface area contributed by atoms with Crippen LogP contribution in [0.25, 0.3) is 0 Å². The Morgan fingerprint density at radius 2 is 2.33 bits per heavy atom. The maximum Gasteiger partial charge on any atom is 0.222 e. The van der Waals surface area contributed by atoms with E-state index in [-0.39, 0.29) is 0 Å². The molecule has 0 fully saturated rings. The molecule has 1 rings (SSSR count). The van der Waals surface area contributed by atoms with Gasteiger partial charge in [0, 0.05) is 7.05 Å². The lowest BCUT2D eigenvalue weighted by atomic mass is 10.2. The Kier molecular flexibility index (Phi) is 4.60. The predicted molar refractivity (Wildman–Crippen MR) is 61.3 cm³/mol. The summed E-state index contributed by atoms with van der Waals surface area (Å²) in [5.41, 5.74) is 1.03. The van der Waals surface area contributed by atoms with Crippen LogP contribution in [0.15, 0.2) is 19.0 Å². The molecular weight excluding hydrogens is 190 g/mol. The lowest BCUT2D eigenvalue weighted by molar-refractivity contribution is 0.343. The lowest BCUT2D eigenvalue weighted by Crippen LogP contribution is -2.05. The average molecular weight is 207 g/mol. The summed E-state index contributed by atoms with van der Waals surface area (Å²) in [5, 5.41) is 3.04. The summed E-state index contributed by atoms with van der Waals surface area (Å²) in [4.78, 5) is 8.28. The fourth-order valence-corrected chi connectivity index (χ4v) is 1.35. The standard InChI is InChI=1S/C11H17N3O/c1-4-6-9-10(12-3)13-8-14-11(9)15-7-5-2/h5,8H,2,4,6-7H2,1,3H3,(H,12,13,14). The zero-order valence-electron chi connectivity index (χ0n) is 9.29. The molecular formula is C11H17N3O. The molecule has 4 heteroatoms. The minimum Gasteiger partial charge on any atom is -0.473 e. The van der Waals surface area contributed by atoms with Gasteiger partial charge in [-0.15, -0.1) is 0 Å². The van der Waals surface area contributed by atoms with Gasteiger partial charge in [0.1, 0.15) is 18.8 Å². The summed E-state index contributed by atoms with van der Waals surface area (Å²) in [6.45, 7) is 6.19. The van der Waals surface area contributed by atoms with Crippen LogP contribution < -0.4 is 10.1 Å². The molecule has 4 nitrogen and oxygen atoms in total. The number of hydrogen-bond donors (Lipinski definition) is 1.